The molecule has 1 aliphatic rings. The topological polar surface area (TPSA) is 18.0 Å². The summed E-state index contributed by atoms with van der Waals surface area (Å²) < 4.78 is 11.2. The quantitative estimate of drug-likeness (QED) is 0.607. The molecular formula is C20H20BrN2O+. The van der Waals surface area contributed by atoms with Crippen molar-refractivity contribution in [2.24, 2.45) is 0 Å². The maximum absolute atomic E-state index is 5.31. The molecule has 0 aliphatic carbocycles. The Labute approximate surface area is 150 Å². The van der Waals surface area contributed by atoms with Crippen LogP contribution in [0, 0.1) is 0 Å². The monoisotopic (exact) mass is 383 g/mol. The molecule has 4 heteroatoms. The van der Waals surface area contributed by atoms with Crippen molar-refractivity contribution in [3.63, 3.8) is 0 Å². The molecule has 24 heavy (non-hydrogen) atoms. The van der Waals surface area contributed by atoms with Gasteiger partial charge in [0.25, 0.3) is 5.82 Å². The Balaban J connectivity index is 1.89. The summed E-state index contributed by atoms with van der Waals surface area (Å²) in [5.74, 6) is 2.27. The predicted molar refractivity (Wildman–Crippen MR) is 98.6 cm³/mol. The molecule has 2 heterocycles. The minimum atomic E-state index is 0.887. The summed E-state index contributed by atoms with van der Waals surface area (Å²) in [6.45, 7) is 1.10. The molecule has 3 nitrogen and oxygen atoms in total. The Bertz CT molecular complexity index is 851. The molecule has 122 valence electrons. The standard InChI is InChI=1S/C20H20BrN2O/c1-24-18-11-9-17(10-12-18)23-19(15-5-7-16(21)8-6-15)14-22-13-3-2-4-20(22)23/h5-12,14H,2-4,13H2,1H3/q+1. The normalized spacial score (nSPS) is 13.6. The van der Waals surface area contributed by atoms with Crippen molar-refractivity contribution in [3.05, 3.63) is 65.0 Å². The second-order valence-corrected chi connectivity index (χ2v) is 7.04. The highest BCUT2D eigenvalue weighted by atomic mass is 79.9. The summed E-state index contributed by atoms with van der Waals surface area (Å²) in [5.41, 5.74) is 3.66. The Kier molecular flexibility index (Phi) is 4.15. The highest BCUT2D eigenvalue weighted by Crippen LogP contribution is 2.28. The Hall–Kier alpha value is -2.07. The first-order chi connectivity index (χ1) is 11.8. The van der Waals surface area contributed by atoms with Crippen LogP contribution in [0.15, 0.2) is 59.2 Å². The lowest BCUT2D eigenvalue weighted by atomic mass is 10.1. The molecule has 0 unspecified atom stereocenters. The Morgan fingerprint density at radius 2 is 1.75 bits per heavy atom. The van der Waals surface area contributed by atoms with Gasteiger partial charge in [0.1, 0.15) is 17.6 Å². The maximum atomic E-state index is 5.31. The van der Waals surface area contributed by atoms with Gasteiger partial charge >= 0.3 is 0 Å². The zero-order valence-electron chi connectivity index (χ0n) is 13.7. The molecule has 0 radical (unpaired) electrons. The van der Waals surface area contributed by atoms with E-state index in [0.29, 0.717) is 0 Å². The van der Waals surface area contributed by atoms with Gasteiger partial charge in [0.05, 0.1) is 13.7 Å². The fraction of sp³-hybridized carbons (Fsp3) is 0.250. The second-order valence-electron chi connectivity index (χ2n) is 6.12. The van der Waals surface area contributed by atoms with E-state index in [9.17, 15) is 0 Å². The minimum absolute atomic E-state index is 0.887. The summed E-state index contributed by atoms with van der Waals surface area (Å²) in [7, 11) is 1.70. The van der Waals surface area contributed by atoms with Gasteiger partial charge in [-0.2, -0.15) is 4.57 Å². The third-order valence-corrected chi connectivity index (χ3v) is 5.16. The van der Waals surface area contributed by atoms with Crippen LogP contribution in [-0.4, -0.2) is 11.7 Å². The van der Waals surface area contributed by atoms with E-state index in [1.54, 1.807) is 7.11 Å². The predicted octanol–water partition coefficient (Wildman–Crippen LogP) is 4.54. The molecule has 1 aromatic heterocycles. The van der Waals surface area contributed by atoms with Gasteiger partial charge in [-0.05, 0) is 61.4 Å². The lowest BCUT2D eigenvalue weighted by molar-refractivity contribution is -0.708. The largest absolute Gasteiger partial charge is 0.497 e. The number of methoxy groups -OCH3 is 1. The number of benzene rings is 2. The number of fused-ring (bicyclic) bond motifs is 1. The van der Waals surface area contributed by atoms with Crippen molar-refractivity contribution in [2.45, 2.75) is 25.8 Å². The number of hydrogen-bond acceptors (Lipinski definition) is 1. The summed E-state index contributed by atoms with van der Waals surface area (Å²) >= 11 is 3.53. The Morgan fingerprint density at radius 1 is 1.00 bits per heavy atom. The fourth-order valence-corrected chi connectivity index (χ4v) is 3.67. The van der Waals surface area contributed by atoms with E-state index < -0.39 is 0 Å². The molecule has 0 fully saturated rings. The number of rotatable bonds is 3. The van der Waals surface area contributed by atoms with E-state index in [1.165, 1.54) is 35.6 Å². The summed E-state index contributed by atoms with van der Waals surface area (Å²) in [6, 6.07) is 16.9. The molecule has 0 N–H and O–H groups in total. The number of ether oxygens (including phenoxy) is 1. The van der Waals surface area contributed by atoms with Crippen LogP contribution >= 0.6 is 15.9 Å². The lowest BCUT2D eigenvalue weighted by Gasteiger charge is -2.10. The van der Waals surface area contributed by atoms with E-state index >= 15 is 0 Å². The first kappa shape index (κ1) is 15.5. The van der Waals surface area contributed by atoms with Crippen molar-refractivity contribution in [3.8, 4) is 22.7 Å². The third-order valence-electron chi connectivity index (χ3n) is 4.63. The summed E-state index contributed by atoms with van der Waals surface area (Å²) in [6.07, 6.45) is 5.91. The first-order valence-electron chi connectivity index (χ1n) is 8.31. The molecule has 2 aromatic carbocycles. The van der Waals surface area contributed by atoms with Crippen molar-refractivity contribution >= 4 is 15.9 Å². The van der Waals surface area contributed by atoms with Crippen LogP contribution < -0.4 is 9.30 Å². The maximum Gasteiger partial charge on any atom is 0.262 e. The number of aryl methyl sites for hydroxylation is 1. The lowest BCUT2D eigenvalue weighted by Crippen LogP contribution is -2.40. The highest BCUT2D eigenvalue weighted by molar-refractivity contribution is 9.10. The van der Waals surface area contributed by atoms with Gasteiger partial charge in [0.15, 0.2) is 5.69 Å². The van der Waals surface area contributed by atoms with Gasteiger partial charge in [0.2, 0.25) is 0 Å². The highest BCUT2D eigenvalue weighted by Gasteiger charge is 2.27. The Morgan fingerprint density at radius 3 is 2.46 bits per heavy atom. The van der Waals surface area contributed by atoms with E-state index in [-0.39, 0.29) is 0 Å². The van der Waals surface area contributed by atoms with E-state index in [2.05, 4.69) is 67.7 Å². The third kappa shape index (κ3) is 2.75. The van der Waals surface area contributed by atoms with Crippen molar-refractivity contribution in [1.29, 1.82) is 0 Å². The summed E-state index contributed by atoms with van der Waals surface area (Å²) in [5, 5.41) is 0. The van der Waals surface area contributed by atoms with Crippen LogP contribution in [0.25, 0.3) is 16.9 Å². The van der Waals surface area contributed by atoms with Gasteiger partial charge in [0, 0.05) is 16.5 Å². The smallest absolute Gasteiger partial charge is 0.262 e. The number of nitrogens with zero attached hydrogens (tertiary/aromatic N) is 2. The second kappa shape index (κ2) is 6.44. The van der Waals surface area contributed by atoms with E-state index in [1.807, 2.05) is 12.1 Å². The SMILES string of the molecule is COc1ccc(-n2c(-c3ccc(Br)cc3)c[n+]3c2CCCC3)cc1. The van der Waals surface area contributed by atoms with Crippen LogP contribution in [0.1, 0.15) is 18.7 Å². The van der Waals surface area contributed by atoms with Gasteiger partial charge in [-0.3, -0.25) is 0 Å². The molecule has 4 rings (SSSR count). The van der Waals surface area contributed by atoms with Crippen molar-refractivity contribution < 1.29 is 9.30 Å². The molecule has 0 atom stereocenters. The van der Waals surface area contributed by atoms with Crippen molar-refractivity contribution in [2.75, 3.05) is 7.11 Å². The number of hydrogen-bond donors (Lipinski definition) is 0. The first-order valence-corrected chi connectivity index (χ1v) is 9.10. The number of aromatic nitrogens is 2. The van der Waals surface area contributed by atoms with Gasteiger partial charge < -0.3 is 4.74 Å². The molecule has 3 aromatic rings. The van der Waals surface area contributed by atoms with E-state index in [0.717, 1.165) is 23.2 Å². The van der Waals surface area contributed by atoms with Crippen LogP contribution in [0.4, 0.5) is 0 Å². The van der Waals surface area contributed by atoms with Crippen molar-refractivity contribution in [1.82, 2.24) is 4.57 Å². The summed E-state index contributed by atoms with van der Waals surface area (Å²) in [4.78, 5) is 0. The van der Waals surface area contributed by atoms with Gasteiger partial charge in [-0.15, -0.1) is 0 Å². The molecule has 0 amide bonds. The minimum Gasteiger partial charge on any atom is -0.497 e. The van der Waals surface area contributed by atoms with Crippen LogP contribution in [0.3, 0.4) is 0 Å². The average molecular weight is 384 g/mol. The van der Waals surface area contributed by atoms with Gasteiger partial charge in [-0.1, -0.05) is 15.9 Å². The van der Waals surface area contributed by atoms with Gasteiger partial charge in [-0.25, -0.2) is 4.57 Å². The van der Waals surface area contributed by atoms with Crippen LogP contribution in [0.2, 0.25) is 0 Å². The fourth-order valence-electron chi connectivity index (χ4n) is 3.41. The molecule has 0 spiro atoms. The molecular weight excluding hydrogens is 364 g/mol. The van der Waals surface area contributed by atoms with Crippen LogP contribution in [0.5, 0.6) is 5.75 Å². The molecule has 1 aliphatic heterocycles. The zero-order valence-corrected chi connectivity index (χ0v) is 15.3. The molecule has 0 bridgehead atoms. The number of halogens is 1. The zero-order chi connectivity index (χ0) is 16.5. The average Bonchev–Trinajstić information content (AvgIpc) is 3.02. The van der Waals surface area contributed by atoms with E-state index in [4.69, 9.17) is 4.74 Å². The molecule has 0 saturated carbocycles. The number of imidazole rings is 1. The molecule has 0 saturated heterocycles. The van der Waals surface area contributed by atoms with Crippen LogP contribution in [-0.2, 0) is 13.0 Å².